The van der Waals surface area contributed by atoms with Gasteiger partial charge in [0.1, 0.15) is 5.71 Å². The maximum atomic E-state index is 12.6. The number of hydrogen-bond donors (Lipinski definition) is 1. The lowest BCUT2D eigenvalue weighted by atomic mass is 10.0. The topological polar surface area (TPSA) is 38.4 Å². The number of hydrogen-bond acceptors (Lipinski definition) is 2. The van der Waals surface area contributed by atoms with Crippen LogP contribution >= 0.6 is 0 Å². The Balaban J connectivity index is 5.17. The minimum Gasteiger partial charge on any atom is -0.327 e. The molecule has 0 saturated heterocycles. The van der Waals surface area contributed by atoms with E-state index in [4.69, 9.17) is 5.73 Å². The van der Waals surface area contributed by atoms with E-state index in [9.17, 15) is 13.2 Å². The van der Waals surface area contributed by atoms with Crippen LogP contribution in [-0.2, 0) is 0 Å². The Labute approximate surface area is 111 Å². The molecule has 2 N–H and O–H groups in total. The van der Waals surface area contributed by atoms with Gasteiger partial charge in [0.2, 0.25) is 0 Å². The molecule has 2 nitrogen and oxygen atoms in total. The van der Waals surface area contributed by atoms with Crippen LogP contribution in [0.2, 0.25) is 0 Å². The molecule has 0 aliphatic rings. The molecule has 0 radical (unpaired) electrons. The predicted molar refractivity (Wildman–Crippen MR) is 74.3 cm³/mol. The standard InChI is InChI=1S/C14H19F3N2/c1-5-12(8-13(19-4)14(15,16)17)11(3)7-6-10(2)9-18/h6-8H,2-3,5,9,18H2,1,4H3/b7-6-,12-8+,19-13?. The monoisotopic (exact) mass is 272 g/mol. The summed E-state index contributed by atoms with van der Waals surface area (Å²) < 4.78 is 37.8. The molecule has 0 fully saturated rings. The van der Waals surface area contributed by atoms with Gasteiger partial charge in [-0.15, -0.1) is 0 Å². The van der Waals surface area contributed by atoms with Crippen LogP contribution in [0.15, 0.2) is 53.1 Å². The molecule has 0 aliphatic heterocycles. The lowest BCUT2D eigenvalue weighted by molar-refractivity contribution is -0.0577. The van der Waals surface area contributed by atoms with Crippen molar-refractivity contribution in [2.75, 3.05) is 13.6 Å². The Morgan fingerprint density at radius 2 is 1.84 bits per heavy atom. The molecule has 0 saturated carbocycles. The first-order valence-electron chi connectivity index (χ1n) is 5.76. The highest BCUT2D eigenvalue weighted by molar-refractivity contribution is 6.00. The van der Waals surface area contributed by atoms with E-state index in [2.05, 4.69) is 18.2 Å². The Kier molecular flexibility index (Phi) is 7.08. The first-order valence-corrected chi connectivity index (χ1v) is 5.76. The highest BCUT2D eigenvalue weighted by Crippen LogP contribution is 2.22. The predicted octanol–water partition coefficient (Wildman–Crippen LogP) is 3.58. The summed E-state index contributed by atoms with van der Waals surface area (Å²) in [4.78, 5) is 3.25. The highest BCUT2D eigenvalue weighted by Gasteiger charge is 2.33. The summed E-state index contributed by atoms with van der Waals surface area (Å²) in [5, 5.41) is 0. The molecule has 0 aliphatic carbocycles. The second-order valence-corrected chi connectivity index (χ2v) is 3.85. The molecule has 106 valence electrons. The van der Waals surface area contributed by atoms with Gasteiger partial charge in [-0.2, -0.15) is 13.2 Å². The summed E-state index contributed by atoms with van der Waals surface area (Å²) >= 11 is 0. The number of rotatable bonds is 6. The number of nitrogens with zero attached hydrogens (tertiary/aromatic N) is 1. The average molecular weight is 272 g/mol. The smallest absolute Gasteiger partial charge is 0.327 e. The van der Waals surface area contributed by atoms with Crippen LogP contribution in [0, 0.1) is 0 Å². The zero-order valence-electron chi connectivity index (χ0n) is 11.2. The molecule has 0 amide bonds. The van der Waals surface area contributed by atoms with Gasteiger partial charge < -0.3 is 5.73 Å². The van der Waals surface area contributed by atoms with Crippen molar-refractivity contribution in [3.8, 4) is 0 Å². The zero-order chi connectivity index (χ0) is 15.1. The summed E-state index contributed by atoms with van der Waals surface area (Å²) in [6, 6.07) is 0. The van der Waals surface area contributed by atoms with E-state index in [0.717, 1.165) is 13.1 Å². The van der Waals surface area contributed by atoms with Crippen molar-refractivity contribution in [2.24, 2.45) is 10.7 Å². The maximum Gasteiger partial charge on any atom is 0.432 e. The Morgan fingerprint density at radius 1 is 1.26 bits per heavy atom. The van der Waals surface area contributed by atoms with E-state index in [1.807, 2.05) is 0 Å². The molecule has 0 aromatic carbocycles. The van der Waals surface area contributed by atoms with Crippen molar-refractivity contribution in [2.45, 2.75) is 19.5 Å². The quantitative estimate of drug-likeness (QED) is 0.582. The normalized spacial score (nSPS) is 14.0. The molecule has 0 rings (SSSR count). The number of allylic oxidation sites excluding steroid dienone is 4. The van der Waals surface area contributed by atoms with Crippen LogP contribution in [0.5, 0.6) is 0 Å². The fourth-order valence-corrected chi connectivity index (χ4v) is 1.25. The number of aliphatic imine (C=N–C) groups is 1. The Morgan fingerprint density at radius 3 is 2.21 bits per heavy atom. The van der Waals surface area contributed by atoms with E-state index in [0.29, 0.717) is 29.7 Å². The summed E-state index contributed by atoms with van der Waals surface area (Å²) in [7, 11) is 1.11. The molecule has 0 atom stereocenters. The second-order valence-electron chi connectivity index (χ2n) is 3.85. The van der Waals surface area contributed by atoms with Gasteiger partial charge in [-0.3, -0.25) is 4.99 Å². The lowest BCUT2D eigenvalue weighted by Gasteiger charge is -2.09. The van der Waals surface area contributed by atoms with E-state index in [-0.39, 0.29) is 0 Å². The lowest BCUT2D eigenvalue weighted by Crippen LogP contribution is -2.21. The zero-order valence-corrected chi connectivity index (χ0v) is 11.2. The molecule has 19 heavy (non-hydrogen) atoms. The van der Waals surface area contributed by atoms with Crippen molar-refractivity contribution >= 4 is 5.71 Å². The Bertz CT molecular complexity index is 426. The molecular formula is C14H19F3N2. The van der Waals surface area contributed by atoms with E-state index < -0.39 is 11.9 Å². The molecule has 0 heterocycles. The van der Waals surface area contributed by atoms with Crippen molar-refractivity contribution in [3.05, 3.63) is 48.1 Å². The van der Waals surface area contributed by atoms with Crippen LogP contribution in [0.25, 0.3) is 0 Å². The van der Waals surface area contributed by atoms with Crippen molar-refractivity contribution in [1.82, 2.24) is 0 Å². The van der Waals surface area contributed by atoms with Crippen LogP contribution in [-0.4, -0.2) is 25.5 Å². The van der Waals surface area contributed by atoms with Gasteiger partial charge in [-0.25, -0.2) is 0 Å². The molecule has 0 aromatic heterocycles. The molecule has 0 bridgehead atoms. The molecule has 0 spiro atoms. The number of alkyl halides is 3. The van der Waals surface area contributed by atoms with Gasteiger partial charge in [0.25, 0.3) is 0 Å². The van der Waals surface area contributed by atoms with Gasteiger partial charge in [0.05, 0.1) is 0 Å². The van der Waals surface area contributed by atoms with Gasteiger partial charge in [0, 0.05) is 13.6 Å². The number of nitrogens with two attached hydrogens (primary N) is 1. The molecular weight excluding hydrogens is 253 g/mol. The third-order valence-electron chi connectivity index (χ3n) is 2.42. The Hall–Kier alpha value is -1.62. The van der Waals surface area contributed by atoms with Gasteiger partial charge in [0.15, 0.2) is 0 Å². The van der Waals surface area contributed by atoms with E-state index in [1.165, 1.54) is 0 Å². The van der Waals surface area contributed by atoms with Crippen LogP contribution in [0.4, 0.5) is 13.2 Å². The number of halogens is 3. The highest BCUT2D eigenvalue weighted by atomic mass is 19.4. The third kappa shape index (κ3) is 6.20. The third-order valence-corrected chi connectivity index (χ3v) is 2.42. The average Bonchev–Trinajstić information content (AvgIpc) is 2.35. The minimum absolute atomic E-state index is 0.291. The second kappa shape index (κ2) is 7.74. The van der Waals surface area contributed by atoms with Gasteiger partial charge >= 0.3 is 6.18 Å². The SMILES string of the molecule is C=C(/C=C\C(=C)/C(=C/C(=NC)C(F)(F)F)CC)CN. The van der Waals surface area contributed by atoms with Crippen LogP contribution in [0.1, 0.15) is 13.3 Å². The maximum absolute atomic E-state index is 12.6. The van der Waals surface area contributed by atoms with Crippen molar-refractivity contribution in [1.29, 1.82) is 0 Å². The molecule has 0 aromatic rings. The van der Waals surface area contributed by atoms with Crippen molar-refractivity contribution in [3.63, 3.8) is 0 Å². The van der Waals surface area contributed by atoms with Crippen LogP contribution in [0.3, 0.4) is 0 Å². The largest absolute Gasteiger partial charge is 0.432 e. The fraction of sp³-hybridized carbons (Fsp3) is 0.357. The molecule has 0 unspecified atom stereocenters. The first kappa shape index (κ1) is 17.4. The van der Waals surface area contributed by atoms with E-state index >= 15 is 0 Å². The molecule has 5 heteroatoms. The summed E-state index contributed by atoms with van der Waals surface area (Å²) in [6.45, 7) is 9.46. The summed E-state index contributed by atoms with van der Waals surface area (Å²) in [5.41, 5.74) is 6.08. The minimum atomic E-state index is -4.46. The van der Waals surface area contributed by atoms with Crippen molar-refractivity contribution < 1.29 is 13.2 Å². The fourth-order valence-electron chi connectivity index (χ4n) is 1.25. The van der Waals surface area contributed by atoms with Gasteiger partial charge in [-0.05, 0) is 29.2 Å². The van der Waals surface area contributed by atoms with Gasteiger partial charge in [-0.1, -0.05) is 32.2 Å². The van der Waals surface area contributed by atoms with Crippen LogP contribution < -0.4 is 5.73 Å². The summed E-state index contributed by atoms with van der Waals surface area (Å²) in [5.74, 6) is 0. The first-order chi connectivity index (χ1) is 8.76. The van der Waals surface area contributed by atoms with E-state index in [1.54, 1.807) is 19.1 Å². The summed E-state index contributed by atoms with van der Waals surface area (Å²) in [6.07, 6.45) is 0.224.